The van der Waals surface area contributed by atoms with E-state index in [4.69, 9.17) is 9.47 Å². The topological polar surface area (TPSA) is 47.6 Å². The molecule has 0 aromatic carbocycles. The van der Waals surface area contributed by atoms with E-state index in [-0.39, 0.29) is 12.1 Å². The summed E-state index contributed by atoms with van der Waals surface area (Å²) in [6, 6.07) is 0. The summed E-state index contributed by atoms with van der Waals surface area (Å²) in [6.07, 6.45) is 8.98. The molecule has 110 valence electrons. The number of hydrogen-bond acceptors (Lipinski definition) is 4. The fourth-order valence-electron chi connectivity index (χ4n) is 3.17. The average molecular weight is 269 g/mol. The molecule has 4 nitrogen and oxygen atoms in total. The molecule has 0 spiro atoms. The van der Waals surface area contributed by atoms with E-state index >= 15 is 0 Å². The molecule has 0 amide bonds. The fraction of sp³-hybridized carbons (Fsp3) is 0.933. The summed E-state index contributed by atoms with van der Waals surface area (Å²) in [6.45, 7) is 3.97. The van der Waals surface area contributed by atoms with E-state index in [1.807, 2.05) is 6.92 Å². The first-order valence-electron chi connectivity index (χ1n) is 7.81. The molecule has 1 saturated heterocycles. The highest BCUT2D eigenvalue weighted by Gasteiger charge is 2.40. The van der Waals surface area contributed by atoms with Crippen LogP contribution in [-0.2, 0) is 14.3 Å². The van der Waals surface area contributed by atoms with Gasteiger partial charge in [-0.3, -0.25) is 10.1 Å². The highest BCUT2D eigenvalue weighted by atomic mass is 16.5. The standard InChI is InChI=1S/C15H27NO3/c1-2-18-14(17)15(9-5-3-4-6-10-15)16-12-13-8-7-11-19-13/h13,16H,2-12H2,1H3. The van der Waals surface area contributed by atoms with Crippen LogP contribution in [0.1, 0.15) is 58.3 Å². The zero-order valence-corrected chi connectivity index (χ0v) is 12.1. The van der Waals surface area contributed by atoms with E-state index in [9.17, 15) is 4.79 Å². The summed E-state index contributed by atoms with van der Waals surface area (Å²) in [7, 11) is 0. The summed E-state index contributed by atoms with van der Waals surface area (Å²) in [5.41, 5.74) is -0.460. The minimum absolute atomic E-state index is 0.0603. The third kappa shape index (κ3) is 3.93. The summed E-state index contributed by atoms with van der Waals surface area (Å²) >= 11 is 0. The van der Waals surface area contributed by atoms with E-state index in [0.29, 0.717) is 6.61 Å². The third-order valence-electron chi connectivity index (χ3n) is 4.32. The maximum absolute atomic E-state index is 12.4. The van der Waals surface area contributed by atoms with Crippen molar-refractivity contribution in [2.24, 2.45) is 0 Å². The molecule has 1 saturated carbocycles. The van der Waals surface area contributed by atoms with Crippen molar-refractivity contribution in [3.8, 4) is 0 Å². The summed E-state index contributed by atoms with van der Waals surface area (Å²) in [4.78, 5) is 12.4. The maximum atomic E-state index is 12.4. The third-order valence-corrected chi connectivity index (χ3v) is 4.32. The molecular weight excluding hydrogens is 242 g/mol. The van der Waals surface area contributed by atoms with Crippen LogP contribution in [0.5, 0.6) is 0 Å². The highest BCUT2D eigenvalue weighted by Crippen LogP contribution is 2.29. The van der Waals surface area contributed by atoms with Crippen molar-refractivity contribution < 1.29 is 14.3 Å². The number of ether oxygens (including phenoxy) is 2. The lowest BCUT2D eigenvalue weighted by molar-refractivity contribution is -0.152. The Morgan fingerprint density at radius 3 is 2.58 bits per heavy atom. The van der Waals surface area contributed by atoms with Crippen LogP contribution in [0.2, 0.25) is 0 Å². The van der Waals surface area contributed by atoms with Gasteiger partial charge in [-0.25, -0.2) is 0 Å². The lowest BCUT2D eigenvalue weighted by atomic mass is 9.90. The Labute approximate surface area is 116 Å². The molecule has 1 N–H and O–H groups in total. The van der Waals surface area contributed by atoms with Gasteiger partial charge in [0, 0.05) is 13.2 Å². The predicted octanol–water partition coefficient (Wildman–Crippen LogP) is 2.41. The van der Waals surface area contributed by atoms with Crippen molar-refractivity contribution in [3.05, 3.63) is 0 Å². The fourth-order valence-corrected chi connectivity index (χ4v) is 3.17. The summed E-state index contributed by atoms with van der Waals surface area (Å²) in [5.74, 6) is -0.0603. The van der Waals surface area contributed by atoms with Gasteiger partial charge in [-0.05, 0) is 32.6 Å². The number of hydrogen-bond donors (Lipinski definition) is 1. The molecule has 1 unspecified atom stereocenters. The van der Waals surface area contributed by atoms with E-state index in [2.05, 4.69) is 5.32 Å². The number of nitrogens with one attached hydrogen (secondary N) is 1. The van der Waals surface area contributed by atoms with E-state index < -0.39 is 5.54 Å². The predicted molar refractivity (Wildman–Crippen MR) is 74.0 cm³/mol. The molecule has 1 aliphatic heterocycles. The molecule has 1 heterocycles. The first-order valence-corrected chi connectivity index (χ1v) is 7.81. The number of esters is 1. The number of carbonyl (C=O) groups is 1. The van der Waals surface area contributed by atoms with Crippen molar-refractivity contribution in [2.45, 2.75) is 69.9 Å². The van der Waals surface area contributed by atoms with Gasteiger partial charge in [0.2, 0.25) is 0 Å². The van der Waals surface area contributed by atoms with Crippen LogP contribution in [0, 0.1) is 0 Å². The lowest BCUT2D eigenvalue weighted by Crippen LogP contribution is -2.54. The Kier molecular flexibility index (Phi) is 5.64. The number of rotatable bonds is 5. The van der Waals surface area contributed by atoms with Crippen LogP contribution >= 0.6 is 0 Å². The molecule has 2 rings (SSSR count). The van der Waals surface area contributed by atoms with Crippen molar-refractivity contribution in [1.82, 2.24) is 5.32 Å². The van der Waals surface area contributed by atoms with Crippen LogP contribution in [0.25, 0.3) is 0 Å². The maximum Gasteiger partial charge on any atom is 0.326 e. The zero-order valence-electron chi connectivity index (χ0n) is 12.1. The molecule has 1 atom stereocenters. The van der Waals surface area contributed by atoms with Gasteiger partial charge in [0.15, 0.2) is 0 Å². The molecular formula is C15H27NO3. The van der Waals surface area contributed by atoms with Gasteiger partial charge in [-0.15, -0.1) is 0 Å². The van der Waals surface area contributed by atoms with Crippen LogP contribution in [-0.4, -0.2) is 37.4 Å². The molecule has 19 heavy (non-hydrogen) atoms. The van der Waals surface area contributed by atoms with Crippen LogP contribution < -0.4 is 5.32 Å². The van der Waals surface area contributed by atoms with Crippen LogP contribution in [0.4, 0.5) is 0 Å². The van der Waals surface area contributed by atoms with Crippen molar-refractivity contribution in [3.63, 3.8) is 0 Å². The van der Waals surface area contributed by atoms with E-state index in [0.717, 1.165) is 51.7 Å². The molecule has 2 fully saturated rings. The van der Waals surface area contributed by atoms with Crippen molar-refractivity contribution in [2.75, 3.05) is 19.8 Å². The lowest BCUT2D eigenvalue weighted by Gasteiger charge is -2.32. The van der Waals surface area contributed by atoms with Gasteiger partial charge >= 0.3 is 5.97 Å². The van der Waals surface area contributed by atoms with E-state index in [1.165, 1.54) is 12.8 Å². The minimum Gasteiger partial charge on any atom is -0.465 e. The minimum atomic E-state index is -0.460. The second-order valence-corrected chi connectivity index (χ2v) is 5.73. The van der Waals surface area contributed by atoms with Crippen molar-refractivity contribution >= 4 is 5.97 Å². The Hall–Kier alpha value is -0.610. The summed E-state index contributed by atoms with van der Waals surface area (Å²) < 4.78 is 11.0. The van der Waals surface area contributed by atoms with Crippen molar-refractivity contribution in [1.29, 1.82) is 0 Å². The Bertz CT molecular complexity index is 279. The quantitative estimate of drug-likeness (QED) is 0.615. The Morgan fingerprint density at radius 2 is 2.00 bits per heavy atom. The van der Waals surface area contributed by atoms with Gasteiger partial charge in [0.1, 0.15) is 5.54 Å². The Morgan fingerprint density at radius 1 is 1.26 bits per heavy atom. The molecule has 1 aliphatic carbocycles. The average Bonchev–Trinajstić information content (AvgIpc) is 2.81. The van der Waals surface area contributed by atoms with Gasteiger partial charge in [-0.2, -0.15) is 0 Å². The number of carbonyl (C=O) groups excluding carboxylic acids is 1. The smallest absolute Gasteiger partial charge is 0.326 e. The second-order valence-electron chi connectivity index (χ2n) is 5.73. The first-order chi connectivity index (χ1) is 9.27. The highest BCUT2D eigenvalue weighted by molar-refractivity contribution is 5.80. The van der Waals surface area contributed by atoms with Gasteiger partial charge in [0.05, 0.1) is 12.7 Å². The summed E-state index contributed by atoms with van der Waals surface area (Å²) in [5, 5.41) is 3.50. The van der Waals surface area contributed by atoms with Gasteiger partial charge in [0.25, 0.3) is 0 Å². The molecule has 2 aliphatic rings. The van der Waals surface area contributed by atoms with E-state index in [1.54, 1.807) is 0 Å². The Balaban J connectivity index is 1.96. The normalized spacial score (nSPS) is 26.9. The molecule has 0 aromatic heterocycles. The molecule has 0 radical (unpaired) electrons. The molecule has 0 aromatic rings. The second kappa shape index (κ2) is 7.25. The van der Waals surface area contributed by atoms with Gasteiger partial charge < -0.3 is 9.47 Å². The van der Waals surface area contributed by atoms with Crippen LogP contribution in [0.3, 0.4) is 0 Å². The molecule has 0 bridgehead atoms. The van der Waals surface area contributed by atoms with Crippen LogP contribution in [0.15, 0.2) is 0 Å². The molecule has 4 heteroatoms. The SMILES string of the molecule is CCOC(=O)C1(NCC2CCCO2)CCCCCC1. The van der Waals surface area contributed by atoms with Gasteiger partial charge in [-0.1, -0.05) is 25.7 Å². The first kappa shape index (κ1) is 14.8. The zero-order chi connectivity index (χ0) is 13.6. The largest absolute Gasteiger partial charge is 0.465 e. The monoisotopic (exact) mass is 269 g/mol.